The SMILES string of the molecule is CC(C)(C)OC(=O)N1CCC[C@H]1Cn1c(CO)nc2ccccc21. The van der Waals surface area contributed by atoms with E-state index in [1.807, 2.05) is 49.6 Å². The summed E-state index contributed by atoms with van der Waals surface area (Å²) in [4.78, 5) is 18.7. The Bertz CT molecular complexity index is 733. The highest BCUT2D eigenvalue weighted by molar-refractivity contribution is 5.76. The van der Waals surface area contributed by atoms with E-state index in [-0.39, 0.29) is 18.7 Å². The number of aromatic nitrogens is 2. The molecule has 1 aromatic heterocycles. The molecule has 1 aliphatic heterocycles. The van der Waals surface area contributed by atoms with Crippen LogP contribution in [0.2, 0.25) is 0 Å². The molecule has 24 heavy (non-hydrogen) atoms. The maximum absolute atomic E-state index is 12.4. The van der Waals surface area contributed by atoms with Crippen LogP contribution < -0.4 is 0 Å². The first-order valence-corrected chi connectivity index (χ1v) is 8.43. The number of amides is 1. The standard InChI is InChI=1S/C18H25N3O3/c1-18(2,3)24-17(23)20-10-6-7-13(20)11-21-15-9-5-4-8-14(15)19-16(21)12-22/h4-5,8-9,13,22H,6-7,10-12H2,1-3H3/t13-/m0/s1. The topological polar surface area (TPSA) is 67.6 Å². The molecule has 1 fully saturated rings. The number of hydrogen-bond donors (Lipinski definition) is 1. The van der Waals surface area contributed by atoms with E-state index >= 15 is 0 Å². The van der Waals surface area contributed by atoms with E-state index in [1.165, 1.54) is 0 Å². The van der Waals surface area contributed by atoms with Gasteiger partial charge in [0.1, 0.15) is 18.0 Å². The molecule has 0 unspecified atom stereocenters. The molecule has 1 aromatic carbocycles. The van der Waals surface area contributed by atoms with Gasteiger partial charge in [-0.3, -0.25) is 0 Å². The highest BCUT2D eigenvalue weighted by Gasteiger charge is 2.33. The van der Waals surface area contributed by atoms with Crippen molar-refractivity contribution in [2.75, 3.05) is 6.54 Å². The van der Waals surface area contributed by atoms with Crippen molar-refractivity contribution < 1.29 is 14.6 Å². The van der Waals surface area contributed by atoms with Crippen molar-refractivity contribution in [1.29, 1.82) is 0 Å². The van der Waals surface area contributed by atoms with E-state index in [1.54, 1.807) is 4.90 Å². The zero-order valence-corrected chi connectivity index (χ0v) is 14.5. The van der Waals surface area contributed by atoms with E-state index in [0.717, 1.165) is 23.9 Å². The Morgan fingerprint density at radius 3 is 2.83 bits per heavy atom. The predicted molar refractivity (Wildman–Crippen MR) is 91.6 cm³/mol. The molecule has 130 valence electrons. The highest BCUT2D eigenvalue weighted by Crippen LogP contribution is 2.25. The van der Waals surface area contributed by atoms with Crippen LogP contribution in [0.25, 0.3) is 11.0 Å². The molecule has 0 aliphatic carbocycles. The number of imidazole rings is 1. The van der Waals surface area contributed by atoms with E-state index in [0.29, 0.717) is 18.9 Å². The van der Waals surface area contributed by atoms with E-state index in [4.69, 9.17) is 4.74 Å². The van der Waals surface area contributed by atoms with Crippen molar-refractivity contribution in [3.63, 3.8) is 0 Å². The van der Waals surface area contributed by atoms with Crippen molar-refractivity contribution in [3.8, 4) is 0 Å². The second-order valence-corrected chi connectivity index (χ2v) is 7.26. The zero-order valence-electron chi connectivity index (χ0n) is 14.5. The summed E-state index contributed by atoms with van der Waals surface area (Å²) in [7, 11) is 0. The molecule has 2 aromatic rings. The van der Waals surface area contributed by atoms with Gasteiger partial charge >= 0.3 is 6.09 Å². The molecular weight excluding hydrogens is 306 g/mol. The minimum absolute atomic E-state index is 0.0581. The fraction of sp³-hybridized carbons (Fsp3) is 0.556. The molecule has 1 atom stereocenters. The molecule has 2 heterocycles. The number of likely N-dealkylation sites (tertiary alicyclic amines) is 1. The van der Waals surface area contributed by atoms with Crippen LogP contribution >= 0.6 is 0 Å². The normalized spacial score (nSPS) is 18.3. The third-order valence-corrected chi connectivity index (χ3v) is 4.27. The summed E-state index contributed by atoms with van der Waals surface area (Å²) in [6.07, 6.45) is 1.63. The highest BCUT2D eigenvalue weighted by atomic mass is 16.6. The minimum Gasteiger partial charge on any atom is -0.444 e. The van der Waals surface area contributed by atoms with Crippen LogP contribution in [-0.2, 0) is 17.9 Å². The van der Waals surface area contributed by atoms with E-state index in [2.05, 4.69) is 4.98 Å². The van der Waals surface area contributed by atoms with Crippen molar-refractivity contribution in [3.05, 3.63) is 30.1 Å². The number of para-hydroxylation sites is 2. The van der Waals surface area contributed by atoms with Gasteiger partial charge in [0, 0.05) is 13.1 Å². The lowest BCUT2D eigenvalue weighted by Crippen LogP contribution is -2.41. The van der Waals surface area contributed by atoms with Crippen LogP contribution in [0.4, 0.5) is 4.79 Å². The Morgan fingerprint density at radius 1 is 1.38 bits per heavy atom. The third-order valence-electron chi connectivity index (χ3n) is 4.27. The monoisotopic (exact) mass is 331 g/mol. The van der Waals surface area contributed by atoms with Crippen LogP contribution in [0.3, 0.4) is 0 Å². The largest absolute Gasteiger partial charge is 0.444 e. The second-order valence-electron chi connectivity index (χ2n) is 7.26. The number of fused-ring (bicyclic) bond motifs is 1. The van der Waals surface area contributed by atoms with Crippen LogP contribution in [0.5, 0.6) is 0 Å². The number of aliphatic hydroxyl groups is 1. The molecule has 0 spiro atoms. The van der Waals surface area contributed by atoms with Crippen molar-refractivity contribution in [1.82, 2.24) is 14.5 Å². The molecule has 1 N–H and O–H groups in total. The summed E-state index contributed by atoms with van der Waals surface area (Å²) in [6.45, 7) is 6.85. The number of carbonyl (C=O) groups excluding carboxylic acids is 1. The number of ether oxygens (including phenoxy) is 1. The first-order valence-electron chi connectivity index (χ1n) is 8.43. The smallest absolute Gasteiger partial charge is 0.410 e. The van der Waals surface area contributed by atoms with E-state index < -0.39 is 5.60 Å². The predicted octanol–water partition coefficient (Wildman–Crippen LogP) is 2.93. The fourth-order valence-corrected chi connectivity index (χ4v) is 3.25. The second kappa shape index (κ2) is 6.43. The van der Waals surface area contributed by atoms with Crippen molar-refractivity contribution in [2.45, 2.75) is 58.4 Å². The van der Waals surface area contributed by atoms with Gasteiger partial charge in [-0.1, -0.05) is 12.1 Å². The van der Waals surface area contributed by atoms with Crippen LogP contribution in [-0.4, -0.2) is 43.8 Å². The zero-order chi connectivity index (χ0) is 17.3. The maximum Gasteiger partial charge on any atom is 0.410 e. The quantitative estimate of drug-likeness (QED) is 0.939. The first-order chi connectivity index (χ1) is 11.4. The average Bonchev–Trinajstić information content (AvgIpc) is 3.11. The number of carbonyl (C=O) groups is 1. The Kier molecular flexibility index (Phi) is 4.49. The molecule has 6 nitrogen and oxygen atoms in total. The number of rotatable bonds is 3. The molecular formula is C18H25N3O3. The molecule has 0 saturated carbocycles. The van der Waals surface area contributed by atoms with Gasteiger partial charge in [0.05, 0.1) is 17.1 Å². The summed E-state index contributed by atoms with van der Waals surface area (Å²) in [5, 5.41) is 9.63. The fourth-order valence-electron chi connectivity index (χ4n) is 3.25. The van der Waals surface area contributed by atoms with Crippen LogP contribution in [0.15, 0.2) is 24.3 Å². The number of hydrogen-bond acceptors (Lipinski definition) is 4. The number of benzene rings is 1. The van der Waals surface area contributed by atoms with Crippen molar-refractivity contribution in [2.24, 2.45) is 0 Å². The average molecular weight is 331 g/mol. The molecule has 0 radical (unpaired) electrons. The maximum atomic E-state index is 12.4. The Hall–Kier alpha value is -2.08. The molecule has 1 saturated heterocycles. The Balaban J connectivity index is 1.84. The van der Waals surface area contributed by atoms with Gasteiger partial charge in [-0.25, -0.2) is 9.78 Å². The molecule has 1 amide bonds. The summed E-state index contributed by atoms with van der Waals surface area (Å²) >= 11 is 0. The molecule has 3 rings (SSSR count). The third kappa shape index (κ3) is 3.38. The van der Waals surface area contributed by atoms with Gasteiger partial charge in [-0.15, -0.1) is 0 Å². The lowest BCUT2D eigenvalue weighted by Gasteiger charge is -2.29. The van der Waals surface area contributed by atoms with Gasteiger partial charge < -0.3 is 19.3 Å². The lowest BCUT2D eigenvalue weighted by molar-refractivity contribution is 0.0214. The lowest BCUT2D eigenvalue weighted by atomic mass is 10.2. The Labute approximate surface area is 142 Å². The Morgan fingerprint density at radius 2 is 2.12 bits per heavy atom. The van der Waals surface area contributed by atoms with Gasteiger partial charge in [0.25, 0.3) is 0 Å². The summed E-state index contributed by atoms with van der Waals surface area (Å²) in [6, 6.07) is 7.88. The van der Waals surface area contributed by atoms with Gasteiger partial charge in [0.15, 0.2) is 0 Å². The van der Waals surface area contributed by atoms with Crippen LogP contribution in [0, 0.1) is 0 Å². The van der Waals surface area contributed by atoms with E-state index in [9.17, 15) is 9.90 Å². The summed E-state index contributed by atoms with van der Waals surface area (Å²) < 4.78 is 7.54. The number of aliphatic hydroxyl groups excluding tert-OH is 1. The first kappa shape index (κ1) is 16.8. The number of nitrogens with zero attached hydrogens (tertiary/aromatic N) is 3. The molecule has 6 heteroatoms. The van der Waals surface area contributed by atoms with Crippen molar-refractivity contribution >= 4 is 17.1 Å². The summed E-state index contributed by atoms with van der Waals surface area (Å²) in [5.74, 6) is 0.632. The van der Waals surface area contributed by atoms with Gasteiger partial charge in [0.2, 0.25) is 0 Å². The van der Waals surface area contributed by atoms with Gasteiger partial charge in [-0.05, 0) is 45.7 Å². The minimum atomic E-state index is -0.498. The summed E-state index contributed by atoms with van der Waals surface area (Å²) in [5.41, 5.74) is 1.35. The molecule has 0 bridgehead atoms. The van der Waals surface area contributed by atoms with Crippen LogP contribution in [0.1, 0.15) is 39.4 Å². The molecule has 1 aliphatic rings. The van der Waals surface area contributed by atoms with Gasteiger partial charge in [-0.2, -0.15) is 0 Å².